The molecule has 0 saturated heterocycles. The van der Waals surface area contributed by atoms with Crippen LogP contribution in [0.2, 0.25) is 0 Å². The third kappa shape index (κ3) is 4.11. The summed E-state index contributed by atoms with van der Waals surface area (Å²) in [6.07, 6.45) is 0. The predicted molar refractivity (Wildman–Crippen MR) is 71.2 cm³/mol. The molecule has 0 N–H and O–H groups in total. The Morgan fingerprint density at radius 2 is 2.17 bits per heavy atom. The molecule has 1 aromatic heterocycles. The van der Waals surface area contributed by atoms with Gasteiger partial charge in [0.25, 0.3) is 0 Å². The maximum Gasteiger partial charge on any atom is 0.323 e. The Morgan fingerprint density at radius 3 is 2.72 bits per heavy atom. The maximum absolute atomic E-state index is 11.7. The van der Waals surface area contributed by atoms with Crippen molar-refractivity contribution in [2.24, 2.45) is 0 Å². The average molecular weight is 250 g/mol. The van der Waals surface area contributed by atoms with Gasteiger partial charge in [-0.15, -0.1) is 0 Å². The molecule has 0 bridgehead atoms. The topological polar surface area (TPSA) is 42.4 Å². The zero-order chi connectivity index (χ0) is 13.5. The van der Waals surface area contributed by atoms with Gasteiger partial charge in [-0.3, -0.25) is 14.7 Å². The van der Waals surface area contributed by atoms with Gasteiger partial charge in [0.15, 0.2) is 0 Å². The van der Waals surface area contributed by atoms with Crippen LogP contribution in [0.15, 0.2) is 18.2 Å². The van der Waals surface area contributed by atoms with Gasteiger partial charge in [-0.1, -0.05) is 13.0 Å². The van der Waals surface area contributed by atoms with E-state index < -0.39 is 0 Å². The first-order valence-electron chi connectivity index (χ1n) is 6.41. The summed E-state index contributed by atoms with van der Waals surface area (Å²) < 4.78 is 5.05. The van der Waals surface area contributed by atoms with Gasteiger partial charge in [0, 0.05) is 12.2 Å². The normalized spacial score (nSPS) is 12.5. The van der Waals surface area contributed by atoms with Gasteiger partial charge in [0.05, 0.1) is 12.3 Å². The van der Waals surface area contributed by atoms with E-state index in [1.165, 1.54) is 0 Å². The third-order valence-electron chi connectivity index (χ3n) is 2.89. The number of nitrogens with zero attached hydrogens (tertiary/aromatic N) is 2. The highest BCUT2D eigenvalue weighted by molar-refractivity contribution is 5.75. The van der Waals surface area contributed by atoms with Gasteiger partial charge in [0.2, 0.25) is 0 Å². The third-order valence-corrected chi connectivity index (χ3v) is 2.89. The molecule has 100 valence electrons. The number of aryl methyl sites for hydroxylation is 1. The van der Waals surface area contributed by atoms with Crippen molar-refractivity contribution in [2.75, 3.05) is 13.2 Å². The molecule has 0 fully saturated rings. The highest BCUT2D eigenvalue weighted by Crippen LogP contribution is 2.08. The predicted octanol–water partition coefficient (Wildman–Crippen LogP) is 2.16. The van der Waals surface area contributed by atoms with Crippen molar-refractivity contribution >= 4 is 5.97 Å². The summed E-state index contributed by atoms with van der Waals surface area (Å²) in [6, 6.07) is 5.69. The Kier molecular flexibility index (Phi) is 5.78. The zero-order valence-corrected chi connectivity index (χ0v) is 11.6. The summed E-state index contributed by atoms with van der Waals surface area (Å²) in [6.45, 7) is 9.57. The van der Waals surface area contributed by atoms with Gasteiger partial charge in [-0.2, -0.15) is 0 Å². The Balaban J connectivity index is 2.69. The van der Waals surface area contributed by atoms with Crippen LogP contribution in [0.25, 0.3) is 0 Å². The van der Waals surface area contributed by atoms with E-state index in [2.05, 4.69) is 9.88 Å². The van der Waals surface area contributed by atoms with Gasteiger partial charge in [-0.25, -0.2) is 0 Å². The number of hydrogen-bond donors (Lipinski definition) is 0. The van der Waals surface area contributed by atoms with E-state index in [9.17, 15) is 4.79 Å². The molecule has 0 spiro atoms. The van der Waals surface area contributed by atoms with Crippen molar-refractivity contribution < 1.29 is 9.53 Å². The average Bonchev–Trinajstić information content (AvgIpc) is 2.35. The summed E-state index contributed by atoms with van der Waals surface area (Å²) in [5.74, 6) is -0.174. The van der Waals surface area contributed by atoms with Crippen LogP contribution in [-0.4, -0.2) is 35.0 Å². The van der Waals surface area contributed by atoms with Crippen molar-refractivity contribution in [1.82, 2.24) is 9.88 Å². The number of rotatable bonds is 6. The second-order valence-corrected chi connectivity index (χ2v) is 4.26. The minimum atomic E-state index is -0.239. The van der Waals surface area contributed by atoms with Crippen LogP contribution in [0.1, 0.15) is 32.2 Å². The Bertz CT molecular complexity index is 393. The molecule has 0 aliphatic rings. The number of carbonyl (C=O) groups is 1. The zero-order valence-electron chi connectivity index (χ0n) is 11.6. The molecule has 0 aliphatic heterocycles. The summed E-state index contributed by atoms with van der Waals surface area (Å²) in [5.41, 5.74) is 1.97. The van der Waals surface area contributed by atoms with Gasteiger partial charge < -0.3 is 4.74 Å². The number of carbonyl (C=O) groups excluding carboxylic acids is 1. The first-order chi connectivity index (χ1) is 8.58. The standard InChI is InChI=1S/C14H22N2O2/c1-5-16(12(4)14(17)18-6-2)10-13-9-7-8-11(3)15-13/h7-9,12H,5-6,10H2,1-4H3. The monoisotopic (exact) mass is 250 g/mol. The Hall–Kier alpha value is -1.42. The minimum absolute atomic E-state index is 0.174. The van der Waals surface area contributed by atoms with Crippen LogP contribution in [-0.2, 0) is 16.1 Å². The summed E-state index contributed by atoms with van der Waals surface area (Å²) in [4.78, 5) is 18.2. The van der Waals surface area contributed by atoms with Gasteiger partial charge >= 0.3 is 5.97 Å². The minimum Gasteiger partial charge on any atom is -0.465 e. The van der Waals surface area contributed by atoms with Crippen molar-refractivity contribution in [2.45, 2.75) is 40.3 Å². The number of aromatic nitrogens is 1. The molecule has 0 aliphatic carbocycles. The number of hydrogen-bond acceptors (Lipinski definition) is 4. The van der Waals surface area contributed by atoms with E-state index in [4.69, 9.17) is 4.74 Å². The summed E-state index contributed by atoms with van der Waals surface area (Å²) >= 11 is 0. The van der Waals surface area contributed by atoms with Crippen molar-refractivity contribution in [3.8, 4) is 0 Å². The van der Waals surface area contributed by atoms with Gasteiger partial charge in [-0.05, 0) is 39.4 Å². The molecular weight excluding hydrogens is 228 g/mol. The Morgan fingerprint density at radius 1 is 1.44 bits per heavy atom. The first kappa shape index (κ1) is 14.6. The molecule has 1 rings (SSSR count). The molecule has 0 aromatic carbocycles. The Labute approximate surface area is 109 Å². The first-order valence-corrected chi connectivity index (χ1v) is 6.41. The molecular formula is C14H22N2O2. The summed E-state index contributed by atoms with van der Waals surface area (Å²) in [7, 11) is 0. The lowest BCUT2D eigenvalue weighted by Gasteiger charge is -2.25. The summed E-state index contributed by atoms with van der Waals surface area (Å²) in [5, 5.41) is 0. The lowest BCUT2D eigenvalue weighted by molar-refractivity contribution is -0.149. The molecule has 0 amide bonds. The lowest BCUT2D eigenvalue weighted by atomic mass is 10.2. The van der Waals surface area contributed by atoms with E-state index >= 15 is 0 Å². The fourth-order valence-electron chi connectivity index (χ4n) is 1.83. The second kappa shape index (κ2) is 7.11. The smallest absolute Gasteiger partial charge is 0.323 e. The van der Waals surface area contributed by atoms with E-state index in [-0.39, 0.29) is 12.0 Å². The molecule has 0 saturated carbocycles. The fourth-order valence-corrected chi connectivity index (χ4v) is 1.83. The van der Waals surface area contributed by atoms with Crippen LogP contribution in [0, 0.1) is 6.92 Å². The molecule has 4 heteroatoms. The van der Waals surface area contributed by atoms with E-state index in [0.717, 1.165) is 17.9 Å². The van der Waals surface area contributed by atoms with Crippen LogP contribution in [0.5, 0.6) is 0 Å². The van der Waals surface area contributed by atoms with Crippen LogP contribution >= 0.6 is 0 Å². The van der Waals surface area contributed by atoms with Crippen molar-refractivity contribution in [3.05, 3.63) is 29.6 Å². The quantitative estimate of drug-likeness (QED) is 0.726. The molecule has 4 nitrogen and oxygen atoms in total. The van der Waals surface area contributed by atoms with Crippen LogP contribution in [0.4, 0.5) is 0 Å². The van der Waals surface area contributed by atoms with Crippen molar-refractivity contribution in [3.63, 3.8) is 0 Å². The number of pyridine rings is 1. The van der Waals surface area contributed by atoms with E-state index in [1.807, 2.05) is 45.9 Å². The number of esters is 1. The van der Waals surface area contributed by atoms with Crippen LogP contribution < -0.4 is 0 Å². The lowest BCUT2D eigenvalue weighted by Crippen LogP contribution is -2.39. The molecule has 1 heterocycles. The molecule has 1 unspecified atom stereocenters. The number of ether oxygens (including phenoxy) is 1. The van der Waals surface area contributed by atoms with Gasteiger partial charge in [0.1, 0.15) is 6.04 Å². The van der Waals surface area contributed by atoms with Crippen molar-refractivity contribution in [1.29, 1.82) is 0 Å². The van der Waals surface area contributed by atoms with Crippen LogP contribution in [0.3, 0.4) is 0 Å². The second-order valence-electron chi connectivity index (χ2n) is 4.26. The van der Waals surface area contributed by atoms with E-state index in [1.54, 1.807) is 0 Å². The molecule has 18 heavy (non-hydrogen) atoms. The molecule has 1 atom stereocenters. The van der Waals surface area contributed by atoms with E-state index in [0.29, 0.717) is 13.2 Å². The highest BCUT2D eigenvalue weighted by atomic mass is 16.5. The molecule has 0 radical (unpaired) electrons. The SMILES string of the molecule is CCOC(=O)C(C)N(CC)Cc1cccc(C)n1. The highest BCUT2D eigenvalue weighted by Gasteiger charge is 2.21. The molecule has 1 aromatic rings. The fraction of sp³-hybridized carbons (Fsp3) is 0.571. The maximum atomic E-state index is 11.7. The largest absolute Gasteiger partial charge is 0.465 e. The number of likely N-dealkylation sites (N-methyl/N-ethyl adjacent to an activating group) is 1.